The van der Waals surface area contributed by atoms with E-state index in [9.17, 15) is 0 Å². The average Bonchev–Trinajstić information content (AvgIpc) is 2.36. The molecule has 0 bridgehead atoms. The van der Waals surface area contributed by atoms with Crippen molar-refractivity contribution in [2.45, 2.75) is 46.1 Å². The number of rotatable bonds is 3. The molecule has 1 fully saturated rings. The Bertz CT molecular complexity index is 383. The molecule has 0 saturated carbocycles. The van der Waals surface area contributed by atoms with Gasteiger partial charge in [-0.2, -0.15) is 0 Å². The SMILES string of the molecule is CCc1nc(C)c(C)c(NC2CCNCC2)n1. The van der Waals surface area contributed by atoms with Gasteiger partial charge >= 0.3 is 0 Å². The van der Waals surface area contributed by atoms with Crippen molar-refractivity contribution in [3.05, 3.63) is 17.1 Å². The molecule has 0 atom stereocenters. The lowest BCUT2D eigenvalue weighted by Crippen LogP contribution is -2.35. The Morgan fingerprint density at radius 1 is 1.24 bits per heavy atom. The second-order valence-electron chi connectivity index (χ2n) is 4.72. The molecule has 1 aliphatic heterocycles. The van der Waals surface area contributed by atoms with Gasteiger partial charge in [0, 0.05) is 23.7 Å². The summed E-state index contributed by atoms with van der Waals surface area (Å²) < 4.78 is 0. The second kappa shape index (κ2) is 5.45. The molecule has 0 aromatic carbocycles. The lowest BCUT2D eigenvalue weighted by Gasteiger charge is -2.25. The van der Waals surface area contributed by atoms with E-state index in [2.05, 4.69) is 41.4 Å². The zero-order valence-electron chi connectivity index (χ0n) is 11.0. The third-order valence-corrected chi connectivity index (χ3v) is 3.43. The molecule has 0 radical (unpaired) electrons. The molecule has 94 valence electrons. The maximum Gasteiger partial charge on any atom is 0.133 e. The van der Waals surface area contributed by atoms with E-state index in [0.29, 0.717) is 6.04 Å². The second-order valence-corrected chi connectivity index (χ2v) is 4.72. The Morgan fingerprint density at radius 2 is 1.94 bits per heavy atom. The molecule has 2 N–H and O–H groups in total. The molecule has 0 aliphatic carbocycles. The molecule has 1 aromatic rings. The topological polar surface area (TPSA) is 49.8 Å². The third kappa shape index (κ3) is 2.94. The van der Waals surface area contributed by atoms with Crippen LogP contribution in [0.15, 0.2) is 0 Å². The minimum Gasteiger partial charge on any atom is -0.367 e. The van der Waals surface area contributed by atoms with Gasteiger partial charge in [-0.15, -0.1) is 0 Å². The van der Waals surface area contributed by atoms with Crippen LogP contribution in [-0.4, -0.2) is 29.1 Å². The largest absolute Gasteiger partial charge is 0.367 e. The number of hydrogen-bond acceptors (Lipinski definition) is 4. The van der Waals surface area contributed by atoms with Gasteiger partial charge < -0.3 is 10.6 Å². The molecular weight excluding hydrogens is 212 g/mol. The minimum atomic E-state index is 0.550. The van der Waals surface area contributed by atoms with E-state index in [1.807, 2.05) is 0 Å². The van der Waals surface area contributed by atoms with Crippen LogP contribution in [0, 0.1) is 13.8 Å². The predicted octanol–water partition coefficient (Wildman–Crippen LogP) is 1.82. The van der Waals surface area contributed by atoms with E-state index in [1.165, 1.54) is 18.4 Å². The van der Waals surface area contributed by atoms with Crippen LogP contribution in [-0.2, 0) is 6.42 Å². The first-order valence-electron chi connectivity index (χ1n) is 6.52. The van der Waals surface area contributed by atoms with E-state index >= 15 is 0 Å². The molecular formula is C13H22N4. The van der Waals surface area contributed by atoms with Gasteiger partial charge in [0.1, 0.15) is 11.6 Å². The van der Waals surface area contributed by atoms with Crippen molar-refractivity contribution in [1.29, 1.82) is 0 Å². The number of nitrogens with one attached hydrogen (secondary N) is 2. The fourth-order valence-electron chi connectivity index (χ4n) is 2.14. The van der Waals surface area contributed by atoms with E-state index in [-0.39, 0.29) is 0 Å². The summed E-state index contributed by atoms with van der Waals surface area (Å²) in [6.07, 6.45) is 3.23. The predicted molar refractivity (Wildman–Crippen MR) is 70.4 cm³/mol. The fraction of sp³-hybridized carbons (Fsp3) is 0.692. The molecule has 2 rings (SSSR count). The highest BCUT2D eigenvalue weighted by molar-refractivity contribution is 5.46. The molecule has 0 amide bonds. The molecule has 1 saturated heterocycles. The van der Waals surface area contributed by atoms with Gasteiger partial charge in [0.25, 0.3) is 0 Å². The summed E-state index contributed by atoms with van der Waals surface area (Å²) >= 11 is 0. The number of piperidine rings is 1. The number of aryl methyl sites for hydroxylation is 2. The first-order valence-corrected chi connectivity index (χ1v) is 6.52. The highest BCUT2D eigenvalue weighted by Crippen LogP contribution is 2.18. The van der Waals surface area contributed by atoms with Crippen molar-refractivity contribution >= 4 is 5.82 Å². The van der Waals surface area contributed by atoms with Gasteiger partial charge in [-0.25, -0.2) is 9.97 Å². The van der Waals surface area contributed by atoms with E-state index in [1.54, 1.807) is 0 Å². The van der Waals surface area contributed by atoms with Crippen LogP contribution < -0.4 is 10.6 Å². The number of anilines is 1. The third-order valence-electron chi connectivity index (χ3n) is 3.43. The Balaban J connectivity index is 2.15. The molecule has 4 nitrogen and oxygen atoms in total. The maximum atomic E-state index is 4.60. The zero-order chi connectivity index (χ0) is 12.3. The van der Waals surface area contributed by atoms with Gasteiger partial charge in [0.05, 0.1) is 0 Å². The first kappa shape index (κ1) is 12.3. The maximum absolute atomic E-state index is 4.60. The average molecular weight is 234 g/mol. The molecule has 0 spiro atoms. The fourth-order valence-corrected chi connectivity index (χ4v) is 2.14. The molecule has 1 aromatic heterocycles. The van der Waals surface area contributed by atoms with Crippen LogP contribution in [0.1, 0.15) is 36.8 Å². The number of aromatic nitrogens is 2. The lowest BCUT2D eigenvalue weighted by molar-refractivity contribution is 0.478. The smallest absolute Gasteiger partial charge is 0.133 e. The van der Waals surface area contributed by atoms with E-state index < -0.39 is 0 Å². The van der Waals surface area contributed by atoms with Gasteiger partial charge in [0.2, 0.25) is 0 Å². The van der Waals surface area contributed by atoms with Crippen LogP contribution in [0.3, 0.4) is 0 Å². The molecule has 1 aliphatic rings. The minimum absolute atomic E-state index is 0.550. The summed E-state index contributed by atoms with van der Waals surface area (Å²) in [5.41, 5.74) is 2.27. The molecule has 17 heavy (non-hydrogen) atoms. The van der Waals surface area contributed by atoms with Crippen molar-refractivity contribution in [3.63, 3.8) is 0 Å². The van der Waals surface area contributed by atoms with E-state index in [4.69, 9.17) is 0 Å². The number of nitrogens with zero attached hydrogens (tertiary/aromatic N) is 2. The van der Waals surface area contributed by atoms with Crippen molar-refractivity contribution < 1.29 is 0 Å². The van der Waals surface area contributed by atoms with Crippen LogP contribution in [0.5, 0.6) is 0 Å². The van der Waals surface area contributed by atoms with E-state index in [0.717, 1.165) is 36.8 Å². The summed E-state index contributed by atoms with van der Waals surface area (Å²) in [5, 5.41) is 6.95. The quantitative estimate of drug-likeness (QED) is 0.837. The first-order chi connectivity index (χ1) is 8.20. The normalized spacial score (nSPS) is 17.1. The van der Waals surface area contributed by atoms with Crippen molar-refractivity contribution in [3.8, 4) is 0 Å². The van der Waals surface area contributed by atoms with Crippen molar-refractivity contribution in [2.75, 3.05) is 18.4 Å². The van der Waals surface area contributed by atoms with Crippen molar-refractivity contribution in [1.82, 2.24) is 15.3 Å². The summed E-state index contributed by atoms with van der Waals surface area (Å²) in [6, 6.07) is 0.550. The Hall–Kier alpha value is -1.16. The Labute approximate surface area is 103 Å². The van der Waals surface area contributed by atoms with Gasteiger partial charge in [0.15, 0.2) is 0 Å². The molecule has 4 heteroatoms. The number of hydrogen-bond donors (Lipinski definition) is 2. The van der Waals surface area contributed by atoms with Crippen LogP contribution in [0.4, 0.5) is 5.82 Å². The summed E-state index contributed by atoms with van der Waals surface area (Å²) in [5.74, 6) is 1.96. The van der Waals surface area contributed by atoms with Gasteiger partial charge in [-0.3, -0.25) is 0 Å². The Kier molecular flexibility index (Phi) is 3.94. The summed E-state index contributed by atoms with van der Waals surface area (Å²) in [7, 11) is 0. The van der Waals surface area contributed by atoms with Gasteiger partial charge in [-0.05, 0) is 39.8 Å². The monoisotopic (exact) mass is 234 g/mol. The molecule has 2 heterocycles. The van der Waals surface area contributed by atoms with Crippen LogP contribution in [0.2, 0.25) is 0 Å². The summed E-state index contributed by atoms with van der Waals surface area (Å²) in [4.78, 5) is 9.08. The zero-order valence-corrected chi connectivity index (χ0v) is 11.0. The van der Waals surface area contributed by atoms with Crippen molar-refractivity contribution in [2.24, 2.45) is 0 Å². The standard InChI is InChI=1S/C13H22N4/c1-4-12-15-10(3)9(2)13(17-12)16-11-5-7-14-8-6-11/h11,14H,4-8H2,1-3H3,(H,15,16,17). The van der Waals surface area contributed by atoms with Gasteiger partial charge in [-0.1, -0.05) is 6.92 Å². The Morgan fingerprint density at radius 3 is 2.59 bits per heavy atom. The van der Waals surface area contributed by atoms with Crippen LogP contribution in [0.25, 0.3) is 0 Å². The summed E-state index contributed by atoms with van der Waals surface area (Å²) in [6.45, 7) is 8.45. The molecule has 0 unspecified atom stereocenters. The highest BCUT2D eigenvalue weighted by atomic mass is 15.1. The lowest BCUT2D eigenvalue weighted by atomic mass is 10.1. The van der Waals surface area contributed by atoms with Crippen LogP contribution >= 0.6 is 0 Å². The highest BCUT2D eigenvalue weighted by Gasteiger charge is 2.15.